The van der Waals surface area contributed by atoms with E-state index >= 15 is 0 Å². The first-order valence-corrected chi connectivity index (χ1v) is 9.39. The highest BCUT2D eigenvalue weighted by Gasteiger charge is 2.19. The number of rotatable bonds is 6. The summed E-state index contributed by atoms with van der Waals surface area (Å²) in [7, 11) is 0. The van der Waals surface area contributed by atoms with Crippen LogP contribution in [0.4, 0.5) is 5.82 Å². The van der Waals surface area contributed by atoms with Gasteiger partial charge in [0.1, 0.15) is 11.6 Å². The van der Waals surface area contributed by atoms with Crippen LogP contribution in [0.15, 0.2) is 58.0 Å². The second-order valence-corrected chi connectivity index (χ2v) is 6.88. The average Bonchev–Trinajstić information content (AvgIpc) is 3.16. The molecule has 1 amide bonds. The van der Waals surface area contributed by atoms with Crippen LogP contribution in [0.3, 0.4) is 0 Å². The smallest absolute Gasteiger partial charge is 0.280 e. The van der Waals surface area contributed by atoms with Crippen LogP contribution in [0.1, 0.15) is 28.9 Å². The van der Waals surface area contributed by atoms with Crippen molar-refractivity contribution in [1.82, 2.24) is 15.5 Å². The van der Waals surface area contributed by atoms with Gasteiger partial charge in [-0.05, 0) is 23.6 Å². The van der Waals surface area contributed by atoms with E-state index in [9.17, 15) is 9.59 Å². The van der Waals surface area contributed by atoms with Crippen molar-refractivity contribution in [3.8, 4) is 0 Å². The van der Waals surface area contributed by atoms with Crippen molar-refractivity contribution in [2.24, 2.45) is 0 Å². The molecule has 3 aromatic rings. The number of pyridine rings is 1. The number of aromatic amines is 1. The van der Waals surface area contributed by atoms with Gasteiger partial charge in [-0.2, -0.15) is 5.16 Å². The Labute approximate surface area is 162 Å². The van der Waals surface area contributed by atoms with Gasteiger partial charge in [-0.3, -0.25) is 9.59 Å². The number of anilines is 1. The van der Waals surface area contributed by atoms with Crippen LogP contribution in [0.25, 0.3) is 0 Å². The third-order valence-electron chi connectivity index (χ3n) is 4.95. The highest BCUT2D eigenvalue weighted by atomic mass is 16.5. The molecule has 0 atom stereocenters. The molecule has 1 aromatic carbocycles. The molecule has 7 nitrogen and oxygen atoms in total. The largest absolute Gasteiger partial charge is 0.384 e. The molecule has 0 saturated heterocycles. The number of hydrogen-bond acceptors (Lipinski definition) is 5. The summed E-state index contributed by atoms with van der Waals surface area (Å²) in [6, 6.07) is 13.7. The predicted molar refractivity (Wildman–Crippen MR) is 105 cm³/mol. The lowest BCUT2D eigenvalue weighted by Crippen LogP contribution is -2.32. The SMILES string of the molecule is O=C(CCc1cc(=O)[nH]o1)NCc1cccnc1N1CCc2ccccc2C1. The molecule has 7 heteroatoms. The second-order valence-electron chi connectivity index (χ2n) is 6.88. The molecule has 0 radical (unpaired) electrons. The molecule has 28 heavy (non-hydrogen) atoms. The van der Waals surface area contributed by atoms with Crippen LogP contribution in [-0.2, 0) is 30.7 Å². The molecular formula is C21H22N4O3. The summed E-state index contributed by atoms with van der Waals surface area (Å²) in [4.78, 5) is 30.1. The first-order chi connectivity index (χ1) is 13.7. The molecule has 0 fully saturated rings. The Morgan fingerprint density at radius 1 is 1.21 bits per heavy atom. The van der Waals surface area contributed by atoms with Gasteiger partial charge in [-0.1, -0.05) is 30.3 Å². The Bertz CT molecular complexity index is 1020. The highest BCUT2D eigenvalue weighted by Crippen LogP contribution is 2.25. The van der Waals surface area contributed by atoms with Crippen molar-refractivity contribution in [2.75, 3.05) is 11.4 Å². The van der Waals surface area contributed by atoms with Gasteiger partial charge in [0.15, 0.2) is 0 Å². The molecule has 3 heterocycles. The lowest BCUT2D eigenvalue weighted by atomic mass is 9.99. The minimum Gasteiger partial charge on any atom is -0.384 e. The van der Waals surface area contributed by atoms with Gasteiger partial charge in [-0.15, -0.1) is 0 Å². The maximum absolute atomic E-state index is 12.2. The molecule has 2 N–H and O–H groups in total. The van der Waals surface area contributed by atoms with Crippen molar-refractivity contribution in [3.63, 3.8) is 0 Å². The van der Waals surface area contributed by atoms with E-state index in [1.165, 1.54) is 17.2 Å². The Kier molecular flexibility index (Phi) is 5.23. The Morgan fingerprint density at radius 3 is 2.89 bits per heavy atom. The molecule has 0 unspecified atom stereocenters. The van der Waals surface area contributed by atoms with Gasteiger partial charge in [0.05, 0.1) is 0 Å². The summed E-state index contributed by atoms with van der Waals surface area (Å²) < 4.78 is 4.97. The van der Waals surface area contributed by atoms with E-state index in [-0.39, 0.29) is 17.9 Å². The topological polar surface area (TPSA) is 91.2 Å². The Morgan fingerprint density at radius 2 is 2.07 bits per heavy atom. The molecule has 0 bridgehead atoms. The van der Waals surface area contributed by atoms with Crippen molar-refractivity contribution in [3.05, 3.63) is 81.5 Å². The maximum atomic E-state index is 12.2. The van der Waals surface area contributed by atoms with Crippen molar-refractivity contribution < 1.29 is 9.32 Å². The molecule has 4 rings (SSSR count). The molecule has 1 aliphatic rings. The molecule has 1 aliphatic heterocycles. The summed E-state index contributed by atoms with van der Waals surface area (Å²) in [6.45, 7) is 2.14. The van der Waals surface area contributed by atoms with Crippen LogP contribution < -0.4 is 15.8 Å². The number of H-pyrrole nitrogens is 1. The molecule has 0 spiro atoms. The summed E-state index contributed by atoms with van der Waals surface area (Å²) >= 11 is 0. The maximum Gasteiger partial charge on any atom is 0.280 e. The normalized spacial score (nSPS) is 13.2. The van der Waals surface area contributed by atoms with Gasteiger partial charge < -0.3 is 14.7 Å². The van der Waals surface area contributed by atoms with Crippen LogP contribution in [-0.4, -0.2) is 22.6 Å². The lowest BCUT2D eigenvalue weighted by molar-refractivity contribution is -0.121. The molecule has 144 valence electrons. The number of hydrogen-bond donors (Lipinski definition) is 2. The third kappa shape index (κ3) is 4.14. The predicted octanol–water partition coefficient (Wildman–Crippen LogP) is 2.17. The third-order valence-corrected chi connectivity index (χ3v) is 4.95. The number of nitrogens with one attached hydrogen (secondary N) is 2. The second kappa shape index (κ2) is 8.12. The number of aromatic nitrogens is 2. The van der Waals surface area contributed by atoms with Crippen LogP contribution >= 0.6 is 0 Å². The van der Waals surface area contributed by atoms with Crippen LogP contribution in [0.5, 0.6) is 0 Å². The van der Waals surface area contributed by atoms with Crippen molar-refractivity contribution in [2.45, 2.75) is 32.4 Å². The van der Waals surface area contributed by atoms with Crippen molar-refractivity contribution in [1.29, 1.82) is 0 Å². The van der Waals surface area contributed by atoms with E-state index < -0.39 is 0 Å². The molecular weight excluding hydrogens is 356 g/mol. The summed E-state index contributed by atoms with van der Waals surface area (Å²) in [5.74, 6) is 1.30. The number of aryl methyl sites for hydroxylation is 1. The molecule has 0 aliphatic carbocycles. The van der Waals surface area contributed by atoms with E-state index in [1.807, 2.05) is 12.1 Å². The van der Waals surface area contributed by atoms with Crippen LogP contribution in [0, 0.1) is 0 Å². The molecule has 0 saturated carbocycles. The number of nitrogens with zero attached hydrogens (tertiary/aromatic N) is 2. The minimum atomic E-state index is -0.293. The fourth-order valence-electron chi connectivity index (χ4n) is 3.49. The van der Waals surface area contributed by atoms with Gasteiger partial charge in [0.2, 0.25) is 5.91 Å². The fraction of sp³-hybridized carbons (Fsp3) is 0.286. The monoisotopic (exact) mass is 378 g/mol. The van der Waals surface area contributed by atoms with Gasteiger partial charge in [0, 0.05) is 50.3 Å². The Hall–Kier alpha value is -3.35. The summed E-state index contributed by atoms with van der Waals surface area (Å²) in [6.07, 6.45) is 3.41. The number of benzene rings is 1. The molecule has 2 aromatic heterocycles. The highest BCUT2D eigenvalue weighted by molar-refractivity contribution is 5.76. The van der Waals surface area contributed by atoms with Crippen molar-refractivity contribution >= 4 is 11.7 Å². The van der Waals surface area contributed by atoms with Gasteiger partial charge in [0.25, 0.3) is 5.56 Å². The van der Waals surface area contributed by atoms with Gasteiger partial charge in [-0.25, -0.2) is 4.98 Å². The number of carbonyl (C=O) groups is 1. The zero-order chi connectivity index (χ0) is 19.3. The number of amides is 1. The Balaban J connectivity index is 1.38. The van der Waals surface area contributed by atoms with Gasteiger partial charge >= 0.3 is 0 Å². The lowest BCUT2D eigenvalue weighted by Gasteiger charge is -2.31. The fourth-order valence-corrected chi connectivity index (χ4v) is 3.49. The average molecular weight is 378 g/mol. The minimum absolute atomic E-state index is 0.0948. The first kappa shape index (κ1) is 18.0. The first-order valence-electron chi connectivity index (χ1n) is 9.39. The summed E-state index contributed by atoms with van der Waals surface area (Å²) in [5, 5.41) is 5.16. The van der Waals surface area contributed by atoms with E-state index in [2.05, 4.69) is 44.6 Å². The zero-order valence-electron chi connectivity index (χ0n) is 15.5. The van der Waals surface area contributed by atoms with Crippen LogP contribution in [0.2, 0.25) is 0 Å². The van der Waals surface area contributed by atoms with E-state index in [4.69, 9.17) is 4.52 Å². The number of fused-ring (bicyclic) bond motifs is 1. The van der Waals surface area contributed by atoms with E-state index in [1.54, 1.807) is 6.20 Å². The van der Waals surface area contributed by atoms with E-state index in [0.717, 1.165) is 30.9 Å². The quantitative estimate of drug-likeness (QED) is 0.686. The zero-order valence-corrected chi connectivity index (χ0v) is 15.5. The summed E-state index contributed by atoms with van der Waals surface area (Å²) in [5.41, 5.74) is 3.41. The standard InChI is InChI=1S/C21H22N4O3/c26-19(8-7-18-12-20(27)24-28-18)23-13-16-6-3-10-22-21(16)25-11-9-15-4-1-2-5-17(15)14-25/h1-6,10,12H,7-9,11,13-14H2,(H,23,26)(H,24,27). The van der Waals surface area contributed by atoms with E-state index in [0.29, 0.717) is 18.7 Å². The number of carbonyl (C=O) groups excluding carboxylic acids is 1.